The molecule has 6 nitrogen and oxygen atoms in total. The summed E-state index contributed by atoms with van der Waals surface area (Å²) in [6.07, 6.45) is 0. The Balaban J connectivity index is 1.46. The number of morpholine rings is 1. The van der Waals surface area contributed by atoms with E-state index in [2.05, 4.69) is 24.1 Å². The maximum absolute atomic E-state index is 12.5. The monoisotopic (exact) mass is 430 g/mol. The van der Waals surface area contributed by atoms with Gasteiger partial charge < -0.3 is 14.8 Å². The minimum Gasteiger partial charge on any atom is -0.484 e. The van der Waals surface area contributed by atoms with Gasteiger partial charge in [0.25, 0.3) is 5.91 Å². The van der Waals surface area contributed by atoms with Crippen molar-refractivity contribution in [2.24, 2.45) is 0 Å². The van der Waals surface area contributed by atoms with Crippen LogP contribution < -0.4 is 10.1 Å². The Morgan fingerprint density at radius 2 is 1.60 bits per heavy atom. The van der Waals surface area contributed by atoms with Gasteiger partial charge in [0.2, 0.25) is 0 Å². The molecule has 0 aliphatic carbocycles. The van der Waals surface area contributed by atoms with Crippen LogP contribution in [0, 0.1) is 0 Å². The molecule has 0 aromatic heterocycles. The number of benzene rings is 2. The Kier molecular flexibility index (Phi) is 7.48. The van der Waals surface area contributed by atoms with Crippen molar-refractivity contribution in [3.63, 3.8) is 0 Å². The molecule has 3 rings (SSSR count). The summed E-state index contributed by atoms with van der Waals surface area (Å²) in [5, 5.41) is 3.52. The van der Waals surface area contributed by atoms with Gasteiger partial charge in [0.15, 0.2) is 12.4 Å². The van der Waals surface area contributed by atoms with Crippen molar-refractivity contribution in [2.75, 3.05) is 39.5 Å². The van der Waals surface area contributed by atoms with Gasteiger partial charge in [-0.1, -0.05) is 11.6 Å². The lowest BCUT2D eigenvalue weighted by atomic mass is 10.0. The van der Waals surface area contributed by atoms with Crippen molar-refractivity contribution in [2.45, 2.75) is 19.4 Å². The topological polar surface area (TPSA) is 67.9 Å². The largest absolute Gasteiger partial charge is 0.484 e. The zero-order valence-corrected chi connectivity index (χ0v) is 18.1. The first-order chi connectivity index (χ1) is 14.3. The number of hydrogen-bond acceptors (Lipinski definition) is 5. The third-order valence-electron chi connectivity index (χ3n) is 5.18. The summed E-state index contributed by atoms with van der Waals surface area (Å²) in [4.78, 5) is 27.0. The van der Waals surface area contributed by atoms with Crippen LogP contribution in [0.25, 0.3) is 0 Å². The molecule has 0 bridgehead atoms. The molecule has 2 aromatic rings. The first kappa shape index (κ1) is 22.3. The molecular weight excluding hydrogens is 404 g/mol. The van der Waals surface area contributed by atoms with Gasteiger partial charge in [-0.2, -0.15) is 0 Å². The molecule has 1 aliphatic rings. The van der Waals surface area contributed by atoms with E-state index in [9.17, 15) is 9.59 Å². The van der Waals surface area contributed by atoms with Gasteiger partial charge in [0.1, 0.15) is 5.75 Å². The van der Waals surface area contributed by atoms with E-state index < -0.39 is 0 Å². The number of nitrogens with zero attached hydrogens (tertiary/aromatic N) is 1. The smallest absolute Gasteiger partial charge is 0.258 e. The van der Waals surface area contributed by atoms with Crippen LogP contribution in [0.5, 0.6) is 5.75 Å². The predicted octanol–water partition coefficient (Wildman–Crippen LogP) is 3.18. The van der Waals surface area contributed by atoms with E-state index in [4.69, 9.17) is 21.1 Å². The number of rotatable bonds is 8. The van der Waals surface area contributed by atoms with E-state index in [0.717, 1.165) is 26.3 Å². The zero-order valence-electron chi connectivity index (χ0n) is 17.3. The van der Waals surface area contributed by atoms with Crippen LogP contribution in [0.1, 0.15) is 29.8 Å². The predicted molar refractivity (Wildman–Crippen MR) is 116 cm³/mol. The number of nitrogens with one attached hydrogen (secondary N) is 1. The first-order valence-electron chi connectivity index (χ1n) is 9.98. The highest BCUT2D eigenvalue weighted by Crippen LogP contribution is 2.18. The lowest BCUT2D eigenvalue weighted by Gasteiger charge is -2.40. The van der Waals surface area contributed by atoms with Crippen LogP contribution in [-0.4, -0.2) is 61.6 Å². The number of amides is 1. The Bertz CT molecular complexity index is 860. The fraction of sp³-hybridized carbons (Fsp3) is 0.391. The normalized spacial score (nSPS) is 14.9. The number of ether oxygens (including phenoxy) is 2. The fourth-order valence-electron chi connectivity index (χ4n) is 3.27. The number of hydrogen-bond donors (Lipinski definition) is 1. The lowest BCUT2D eigenvalue weighted by molar-refractivity contribution is -0.123. The Hall–Kier alpha value is -2.41. The van der Waals surface area contributed by atoms with E-state index in [1.165, 1.54) is 0 Å². The summed E-state index contributed by atoms with van der Waals surface area (Å²) >= 11 is 5.86. The van der Waals surface area contributed by atoms with Crippen molar-refractivity contribution in [3.05, 3.63) is 64.7 Å². The molecule has 1 amide bonds. The minimum absolute atomic E-state index is 0.0797. The minimum atomic E-state index is -0.183. The van der Waals surface area contributed by atoms with E-state index >= 15 is 0 Å². The number of carbonyl (C=O) groups is 2. The SMILES string of the molecule is CC(C)(CNC(=O)COc1ccc(C(=O)c2ccc(Cl)cc2)cc1)N1CCOCC1. The third-order valence-corrected chi connectivity index (χ3v) is 5.43. The quantitative estimate of drug-likeness (QED) is 0.651. The summed E-state index contributed by atoms with van der Waals surface area (Å²) in [5.41, 5.74) is 0.958. The molecule has 0 radical (unpaired) electrons. The van der Waals surface area contributed by atoms with E-state index in [0.29, 0.717) is 28.4 Å². The Labute approximate surface area is 182 Å². The summed E-state index contributed by atoms with van der Waals surface area (Å²) in [7, 11) is 0. The van der Waals surface area contributed by atoms with Crippen molar-refractivity contribution in [1.82, 2.24) is 10.2 Å². The molecule has 0 saturated carbocycles. The summed E-state index contributed by atoms with van der Waals surface area (Å²) < 4.78 is 10.9. The van der Waals surface area contributed by atoms with Gasteiger partial charge in [-0.25, -0.2) is 0 Å². The molecule has 1 saturated heterocycles. The molecule has 2 aromatic carbocycles. The first-order valence-corrected chi connectivity index (χ1v) is 10.4. The van der Waals surface area contributed by atoms with E-state index in [-0.39, 0.29) is 23.8 Å². The van der Waals surface area contributed by atoms with Crippen LogP contribution in [0.2, 0.25) is 5.02 Å². The molecule has 0 unspecified atom stereocenters. The standard InChI is InChI=1S/C23H27ClN2O4/c1-23(2,26-11-13-29-14-12-26)16-25-21(27)15-30-20-9-5-18(6-10-20)22(28)17-3-7-19(24)8-4-17/h3-10H,11-16H2,1-2H3,(H,25,27). The summed E-state index contributed by atoms with van der Waals surface area (Å²) in [6, 6.07) is 13.5. The Morgan fingerprint density at radius 1 is 1.03 bits per heavy atom. The van der Waals surface area contributed by atoms with E-state index in [1.807, 2.05) is 0 Å². The van der Waals surface area contributed by atoms with Crippen LogP contribution >= 0.6 is 11.6 Å². The van der Waals surface area contributed by atoms with Crippen LogP contribution in [0.15, 0.2) is 48.5 Å². The molecule has 160 valence electrons. The molecule has 0 atom stereocenters. The van der Waals surface area contributed by atoms with Crippen LogP contribution in [-0.2, 0) is 9.53 Å². The van der Waals surface area contributed by atoms with Crippen molar-refractivity contribution >= 4 is 23.3 Å². The Morgan fingerprint density at radius 3 is 2.20 bits per heavy atom. The summed E-state index contributed by atoms with van der Waals surface area (Å²) in [6.45, 7) is 7.83. The van der Waals surface area contributed by atoms with Crippen LogP contribution in [0.3, 0.4) is 0 Å². The van der Waals surface area contributed by atoms with Crippen molar-refractivity contribution < 1.29 is 19.1 Å². The zero-order chi connectivity index (χ0) is 21.6. The second-order valence-corrected chi connectivity index (χ2v) is 8.27. The van der Waals surface area contributed by atoms with Gasteiger partial charge in [0, 0.05) is 41.3 Å². The van der Waals surface area contributed by atoms with Crippen molar-refractivity contribution in [1.29, 1.82) is 0 Å². The maximum atomic E-state index is 12.5. The molecule has 1 N–H and O–H groups in total. The highest BCUT2D eigenvalue weighted by molar-refractivity contribution is 6.30. The van der Waals surface area contributed by atoms with Gasteiger partial charge in [-0.3, -0.25) is 14.5 Å². The lowest BCUT2D eigenvalue weighted by Crippen LogP contribution is -2.55. The fourth-order valence-corrected chi connectivity index (χ4v) is 3.39. The molecule has 1 aliphatic heterocycles. The highest BCUT2D eigenvalue weighted by atomic mass is 35.5. The maximum Gasteiger partial charge on any atom is 0.258 e. The molecular formula is C23H27ClN2O4. The van der Waals surface area contributed by atoms with Gasteiger partial charge >= 0.3 is 0 Å². The highest BCUT2D eigenvalue weighted by Gasteiger charge is 2.28. The van der Waals surface area contributed by atoms with E-state index in [1.54, 1.807) is 48.5 Å². The molecule has 30 heavy (non-hydrogen) atoms. The van der Waals surface area contributed by atoms with Gasteiger partial charge in [-0.05, 0) is 62.4 Å². The average Bonchev–Trinajstić information content (AvgIpc) is 2.77. The molecule has 0 spiro atoms. The van der Waals surface area contributed by atoms with Gasteiger partial charge in [-0.15, -0.1) is 0 Å². The number of halogens is 1. The molecule has 7 heteroatoms. The number of carbonyl (C=O) groups excluding carboxylic acids is 2. The van der Waals surface area contributed by atoms with Crippen LogP contribution in [0.4, 0.5) is 0 Å². The summed E-state index contributed by atoms with van der Waals surface area (Å²) in [5.74, 6) is 0.254. The third kappa shape index (κ3) is 6.05. The molecule has 1 fully saturated rings. The van der Waals surface area contributed by atoms with Gasteiger partial charge in [0.05, 0.1) is 13.2 Å². The average molecular weight is 431 g/mol. The number of ketones is 1. The second-order valence-electron chi connectivity index (χ2n) is 7.84. The van der Waals surface area contributed by atoms with Crippen molar-refractivity contribution in [3.8, 4) is 5.75 Å². The second kappa shape index (κ2) is 10.1. The molecule has 1 heterocycles.